The molecular weight excluding hydrogens is 839 g/mol. The molecule has 12 heteroatoms. The van der Waals surface area contributed by atoms with E-state index >= 15 is 0 Å². The maximum atomic E-state index is 13.8. The van der Waals surface area contributed by atoms with E-state index in [4.69, 9.17) is 32.9 Å². The fourth-order valence-corrected chi connectivity index (χ4v) is 9.79. The normalized spacial score (nSPS) is 25.3. The Hall–Kier alpha value is -2.63. The lowest BCUT2D eigenvalue weighted by Crippen LogP contribution is -2.37. The molecule has 7 atom stereocenters. The quantitative estimate of drug-likeness (QED) is 0.0763. The van der Waals surface area contributed by atoms with Gasteiger partial charge >= 0.3 is 5.97 Å². The van der Waals surface area contributed by atoms with E-state index in [1.54, 1.807) is 66.7 Å². The predicted molar refractivity (Wildman–Crippen MR) is 192 cm³/mol. The standard InChI is InChI=1S/C35H25Br3Cl2N2O5/c36-18-5-10-25-21(13-18)22(35(46)47-27(11-12-39)32(43)17-1-6-19(40)7-2-17)15-26(41-25)16-3-8-20(9-4-16)42-33(44)28-23-14-24(29(28)34(42)45)31(38)30(23)37/h1-10,13,15,23-24,27-31H,11-12,14H2. The maximum absolute atomic E-state index is 13.8. The third-order valence-corrected chi connectivity index (χ3v) is 13.6. The second-order valence-corrected chi connectivity index (χ2v) is 15.9. The highest BCUT2D eigenvalue weighted by molar-refractivity contribution is 9.12. The number of hydrogen-bond acceptors (Lipinski definition) is 6. The van der Waals surface area contributed by atoms with E-state index in [2.05, 4.69) is 47.8 Å². The molecule has 7 unspecified atom stereocenters. The number of anilines is 1. The Kier molecular flexibility index (Phi) is 9.10. The molecule has 1 aliphatic heterocycles. The molecule has 2 bridgehead atoms. The minimum atomic E-state index is -1.11. The zero-order chi connectivity index (χ0) is 33.1. The number of aromatic nitrogens is 1. The number of nitrogens with zero attached hydrogens (tertiary/aromatic N) is 2. The molecule has 3 fully saturated rings. The first-order chi connectivity index (χ1) is 22.6. The zero-order valence-electron chi connectivity index (χ0n) is 24.4. The van der Waals surface area contributed by atoms with Crippen LogP contribution in [0.4, 0.5) is 5.69 Å². The summed E-state index contributed by atoms with van der Waals surface area (Å²) in [4.78, 5) is 60.6. The van der Waals surface area contributed by atoms with Gasteiger partial charge in [0.25, 0.3) is 0 Å². The number of carbonyl (C=O) groups excluding carboxylic acids is 4. The van der Waals surface area contributed by atoms with Crippen LogP contribution in [0.15, 0.2) is 77.3 Å². The molecule has 0 N–H and O–H groups in total. The molecule has 1 saturated heterocycles. The number of ketones is 1. The van der Waals surface area contributed by atoms with Crippen molar-refractivity contribution in [2.24, 2.45) is 23.7 Å². The van der Waals surface area contributed by atoms with Crippen LogP contribution in [0.25, 0.3) is 22.2 Å². The molecule has 4 aromatic rings. The number of benzene rings is 3. The van der Waals surface area contributed by atoms with Gasteiger partial charge in [-0.3, -0.25) is 19.3 Å². The van der Waals surface area contributed by atoms with Crippen molar-refractivity contribution in [1.29, 1.82) is 0 Å². The second-order valence-electron chi connectivity index (χ2n) is 12.0. The fraction of sp³-hybridized carbons (Fsp3) is 0.286. The third-order valence-electron chi connectivity index (χ3n) is 9.44. The van der Waals surface area contributed by atoms with Crippen LogP contribution >= 0.6 is 71.0 Å². The van der Waals surface area contributed by atoms with Crippen molar-refractivity contribution in [3.63, 3.8) is 0 Å². The number of ether oxygens (including phenoxy) is 1. The van der Waals surface area contributed by atoms with Gasteiger partial charge in [0.15, 0.2) is 6.10 Å². The van der Waals surface area contributed by atoms with Crippen LogP contribution in [0.2, 0.25) is 5.02 Å². The van der Waals surface area contributed by atoms with Crippen LogP contribution in [0.3, 0.4) is 0 Å². The van der Waals surface area contributed by atoms with Crippen LogP contribution in [-0.2, 0) is 14.3 Å². The highest BCUT2D eigenvalue weighted by Crippen LogP contribution is 2.60. The predicted octanol–water partition coefficient (Wildman–Crippen LogP) is 8.64. The van der Waals surface area contributed by atoms with E-state index in [1.165, 1.54) is 4.90 Å². The Morgan fingerprint density at radius 1 is 0.915 bits per heavy atom. The second kappa shape index (κ2) is 13.0. The van der Waals surface area contributed by atoms with Crippen molar-refractivity contribution in [3.05, 3.63) is 93.4 Å². The van der Waals surface area contributed by atoms with Gasteiger partial charge in [0.2, 0.25) is 17.6 Å². The number of rotatable bonds is 8. The molecule has 2 heterocycles. The first-order valence-corrected chi connectivity index (χ1v) is 18.5. The highest BCUT2D eigenvalue weighted by atomic mass is 79.9. The zero-order valence-corrected chi connectivity index (χ0v) is 30.7. The first-order valence-electron chi connectivity index (χ1n) is 15.0. The largest absolute Gasteiger partial charge is 0.450 e. The number of fused-ring (bicyclic) bond motifs is 6. The molecule has 7 nitrogen and oxygen atoms in total. The summed E-state index contributed by atoms with van der Waals surface area (Å²) in [6.45, 7) is 0. The van der Waals surface area contributed by atoms with Gasteiger partial charge in [-0.15, -0.1) is 11.6 Å². The molecular formula is C35H25Br3Cl2N2O5. The Bertz CT molecular complexity index is 1910. The molecule has 240 valence electrons. The minimum Gasteiger partial charge on any atom is -0.450 e. The lowest BCUT2D eigenvalue weighted by atomic mass is 9.81. The number of esters is 1. The summed E-state index contributed by atoms with van der Waals surface area (Å²) in [6, 6.07) is 20.4. The summed E-state index contributed by atoms with van der Waals surface area (Å²) >= 11 is 22.9. The molecule has 3 aliphatic rings. The summed E-state index contributed by atoms with van der Waals surface area (Å²) in [7, 11) is 0. The Morgan fingerprint density at radius 3 is 2.17 bits per heavy atom. The van der Waals surface area contributed by atoms with Gasteiger partial charge in [-0.25, -0.2) is 9.78 Å². The van der Waals surface area contributed by atoms with Crippen LogP contribution in [0.5, 0.6) is 0 Å². The molecule has 2 aliphatic carbocycles. The van der Waals surface area contributed by atoms with E-state index in [1.807, 2.05) is 6.07 Å². The number of carbonyl (C=O) groups is 4. The summed E-state index contributed by atoms with van der Waals surface area (Å²) in [6.07, 6.45) is -0.119. The Labute approximate surface area is 305 Å². The number of hydrogen-bond donors (Lipinski definition) is 0. The van der Waals surface area contributed by atoms with Gasteiger partial charge in [-0.2, -0.15) is 0 Å². The monoisotopic (exact) mass is 860 g/mol. The molecule has 7 rings (SSSR count). The fourth-order valence-electron chi connectivity index (χ4n) is 7.23. The topological polar surface area (TPSA) is 93.6 Å². The van der Waals surface area contributed by atoms with Gasteiger partial charge < -0.3 is 4.74 Å². The number of alkyl halides is 3. The van der Waals surface area contributed by atoms with Gasteiger partial charge in [-0.1, -0.05) is 71.5 Å². The van der Waals surface area contributed by atoms with E-state index < -0.39 is 12.1 Å². The van der Waals surface area contributed by atoms with Crippen LogP contribution in [0, 0.1) is 23.7 Å². The molecule has 2 amide bonds. The summed E-state index contributed by atoms with van der Waals surface area (Å²) in [5, 5.41) is 1.02. The van der Waals surface area contributed by atoms with Crippen molar-refractivity contribution in [2.45, 2.75) is 28.6 Å². The maximum Gasteiger partial charge on any atom is 0.339 e. The lowest BCUT2D eigenvalue weighted by Gasteiger charge is -2.28. The molecule has 2 saturated carbocycles. The lowest BCUT2D eigenvalue weighted by molar-refractivity contribution is -0.123. The smallest absolute Gasteiger partial charge is 0.339 e. The van der Waals surface area contributed by atoms with Gasteiger partial charge in [0.05, 0.1) is 34.3 Å². The summed E-state index contributed by atoms with van der Waals surface area (Å²) < 4.78 is 6.55. The van der Waals surface area contributed by atoms with Crippen molar-refractivity contribution in [1.82, 2.24) is 4.98 Å². The van der Waals surface area contributed by atoms with E-state index in [-0.39, 0.29) is 68.8 Å². The molecule has 0 radical (unpaired) electrons. The van der Waals surface area contributed by atoms with E-state index in [9.17, 15) is 19.2 Å². The number of pyridine rings is 1. The number of halogens is 5. The van der Waals surface area contributed by atoms with Crippen LogP contribution in [0.1, 0.15) is 33.6 Å². The Balaban J connectivity index is 1.19. The van der Waals surface area contributed by atoms with E-state index in [0.717, 1.165) is 10.9 Å². The Morgan fingerprint density at radius 2 is 1.55 bits per heavy atom. The van der Waals surface area contributed by atoms with Crippen LogP contribution < -0.4 is 4.90 Å². The molecule has 0 spiro atoms. The van der Waals surface area contributed by atoms with Gasteiger partial charge in [0, 0.05) is 48.0 Å². The number of imide groups is 1. The van der Waals surface area contributed by atoms with Crippen LogP contribution in [-0.4, -0.2) is 50.2 Å². The number of amides is 2. The minimum absolute atomic E-state index is 0.107. The van der Waals surface area contributed by atoms with Gasteiger partial charge in [0.1, 0.15) is 0 Å². The third kappa shape index (κ3) is 5.78. The first kappa shape index (κ1) is 32.9. The van der Waals surface area contributed by atoms with Crippen molar-refractivity contribution in [2.75, 3.05) is 10.8 Å². The van der Waals surface area contributed by atoms with Crippen molar-refractivity contribution in [3.8, 4) is 11.3 Å². The van der Waals surface area contributed by atoms with Gasteiger partial charge in [-0.05, 0) is 78.9 Å². The van der Waals surface area contributed by atoms with Crippen molar-refractivity contribution < 1.29 is 23.9 Å². The molecule has 3 aromatic carbocycles. The summed E-state index contributed by atoms with van der Waals surface area (Å²) in [5.74, 6) is -1.64. The molecule has 47 heavy (non-hydrogen) atoms. The average Bonchev–Trinajstić information content (AvgIpc) is 3.68. The highest BCUT2D eigenvalue weighted by Gasteiger charge is 2.66. The van der Waals surface area contributed by atoms with Crippen molar-refractivity contribution >= 4 is 111 Å². The summed E-state index contributed by atoms with van der Waals surface area (Å²) in [5.41, 5.74) is 2.77. The van der Waals surface area contributed by atoms with E-state index in [0.29, 0.717) is 38.4 Å². The average molecular weight is 864 g/mol. The molecule has 1 aromatic heterocycles. The number of Topliss-reactive ketones (excluding diaryl/α,β-unsaturated/α-hetero) is 1. The SMILES string of the molecule is O=C(OC(CCCl)C(=O)c1ccc(Cl)cc1)c1cc(-c2ccc(N3C(=O)C4C5CC(C(Br)C5Br)C4C3=O)cc2)nc2ccc(Br)cc12.